The van der Waals surface area contributed by atoms with Crippen molar-refractivity contribution in [2.24, 2.45) is 0 Å². The van der Waals surface area contributed by atoms with E-state index in [2.05, 4.69) is 4.72 Å². The summed E-state index contributed by atoms with van der Waals surface area (Å²) in [5.74, 6) is -0.456. The van der Waals surface area contributed by atoms with Crippen molar-refractivity contribution in [3.05, 3.63) is 40.3 Å². The molecule has 1 N–H and O–H groups in total. The Hall–Kier alpha value is -1.51. The van der Waals surface area contributed by atoms with Gasteiger partial charge in [-0.2, -0.15) is 0 Å². The Morgan fingerprint density at radius 2 is 1.92 bits per heavy atom. The minimum Gasteiger partial charge on any atom is -0.462 e. The van der Waals surface area contributed by atoms with E-state index in [-0.39, 0.29) is 11.5 Å². The molecular weight excluding hydrogens is 390 g/mol. The van der Waals surface area contributed by atoms with Gasteiger partial charge in [-0.3, -0.25) is 4.72 Å². The maximum atomic E-state index is 12.8. The molecule has 8 heteroatoms. The number of carbonyl (C=O) groups excluding carboxylic acids is 1. The van der Waals surface area contributed by atoms with Crippen LogP contribution in [0, 0.1) is 0 Å². The number of anilines is 1. The smallest absolute Gasteiger partial charge is 0.341 e. The highest BCUT2D eigenvalue weighted by molar-refractivity contribution is 7.98. The van der Waals surface area contributed by atoms with Gasteiger partial charge in [0.2, 0.25) is 0 Å². The first-order valence-corrected chi connectivity index (χ1v) is 12.0. The third-order valence-electron chi connectivity index (χ3n) is 4.25. The van der Waals surface area contributed by atoms with Gasteiger partial charge in [-0.1, -0.05) is 0 Å². The highest BCUT2D eigenvalue weighted by Gasteiger charge is 2.28. The van der Waals surface area contributed by atoms with E-state index in [9.17, 15) is 13.2 Å². The SMILES string of the molecule is CCOC(=O)c1c(NS(=O)(=O)c2ccc(SC)cc2)sc2c1CCCC2. The fourth-order valence-corrected chi connectivity index (χ4v) is 5.98. The van der Waals surface area contributed by atoms with Crippen LogP contribution >= 0.6 is 23.1 Å². The average molecular weight is 412 g/mol. The van der Waals surface area contributed by atoms with Crippen LogP contribution < -0.4 is 4.72 Å². The molecule has 0 radical (unpaired) electrons. The number of thiophene rings is 1. The van der Waals surface area contributed by atoms with Crippen molar-refractivity contribution in [1.29, 1.82) is 0 Å². The molecule has 2 aromatic rings. The number of sulfonamides is 1. The molecule has 26 heavy (non-hydrogen) atoms. The normalized spacial score (nSPS) is 13.9. The van der Waals surface area contributed by atoms with Crippen LogP contribution in [0.1, 0.15) is 40.6 Å². The maximum Gasteiger partial charge on any atom is 0.341 e. The first-order chi connectivity index (χ1) is 12.5. The number of thioether (sulfide) groups is 1. The van der Waals surface area contributed by atoms with Crippen molar-refractivity contribution >= 4 is 44.1 Å². The summed E-state index contributed by atoms with van der Waals surface area (Å²) in [6.07, 6.45) is 5.64. The maximum absolute atomic E-state index is 12.8. The summed E-state index contributed by atoms with van der Waals surface area (Å²) < 4.78 is 33.4. The lowest BCUT2D eigenvalue weighted by Gasteiger charge is -2.12. The monoisotopic (exact) mass is 411 g/mol. The van der Waals surface area contributed by atoms with Crippen LogP contribution in [0.4, 0.5) is 5.00 Å². The van der Waals surface area contributed by atoms with Crippen molar-refractivity contribution in [2.45, 2.75) is 42.4 Å². The molecule has 140 valence electrons. The summed E-state index contributed by atoms with van der Waals surface area (Å²) >= 11 is 2.90. The van der Waals surface area contributed by atoms with Crippen molar-refractivity contribution in [1.82, 2.24) is 0 Å². The molecule has 1 aromatic carbocycles. The van der Waals surface area contributed by atoms with Gasteiger partial charge in [0.25, 0.3) is 10.0 Å². The molecular formula is C18H21NO4S3. The molecule has 0 saturated carbocycles. The van der Waals surface area contributed by atoms with E-state index in [0.717, 1.165) is 41.0 Å². The second-order valence-corrected chi connectivity index (χ2v) is 9.58. The van der Waals surface area contributed by atoms with Crippen molar-refractivity contribution in [3.63, 3.8) is 0 Å². The first kappa shape index (κ1) is 19.3. The molecule has 0 fully saturated rings. The fraction of sp³-hybridized carbons (Fsp3) is 0.389. The molecule has 0 amide bonds. The van der Waals surface area contributed by atoms with Crippen LogP contribution in [0.3, 0.4) is 0 Å². The number of fused-ring (bicyclic) bond motifs is 1. The van der Waals surface area contributed by atoms with E-state index in [1.807, 2.05) is 6.26 Å². The van der Waals surface area contributed by atoms with Gasteiger partial charge in [0.15, 0.2) is 0 Å². The van der Waals surface area contributed by atoms with Gasteiger partial charge in [0.05, 0.1) is 17.1 Å². The Morgan fingerprint density at radius 1 is 1.23 bits per heavy atom. The lowest BCUT2D eigenvalue weighted by Crippen LogP contribution is -2.16. The molecule has 3 rings (SSSR count). The predicted molar refractivity (Wildman–Crippen MR) is 106 cm³/mol. The summed E-state index contributed by atoms with van der Waals surface area (Å²) in [5, 5.41) is 0.365. The average Bonchev–Trinajstić information content (AvgIpc) is 2.99. The Kier molecular flexibility index (Phi) is 5.94. The fourth-order valence-electron chi connectivity index (χ4n) is 2.99. The third-order valence-corrected chi connectivity index (χ3v) is 7.69. The van der Waals surface area contributed by atoms with E-state index >= 15 is 0 Å². The largest absolute Gasteiger partial charge is 0.462 e. The quantitative estimate of drug-likeness (QED) is 0.566. The molecule has 5 nitrogen and oxygen atoms in total. The van der Waals surface area contributed by atoms with Crippen LogP contribution in [0.25, 0.3) is 0 Å². The molecule has 1 heterocycles. The Morgan fingerprint density at radius 3 is 2.58 bits per heavy atom. The zero-order valence-electron chi connectivity index (χ0n) is 14.7. The molecule has 1 aliphatic rings. The number of benzene rings is 1. The number of esters is 1. The summed E-state index contributed by atoms with van der Waals surface area (Å²) in [6.45, 7) is 2.00. The first-order valence-electron chi connectivity index (χ1n) is 8.44. The van der Waals surface area contributed by atoms with Gasteiger partial charge < -0.3 is 4.74 Å². The molecule has 0 spiro atoms. The van der Waals surface area contributed by atoms with E-state index in [1.54, 1.807) is 43.0 Å². The minimum absolute atomic E-state index is 0.177. The minimum atomic E-state index is -3.77. The van der Waals surface area contributed by atoms with Gasteiger partial charge in [0, 0.05) is 9.77 Å². The molecule has 0 unspecified atom stereocenters. The summed E-state index contributed by atoms with van der Waals surface area (Å²) in [7, 11) is -3.77. The van der Waals surface area contributed by atoms with E-state index in [4.69, 9.17) is 4.74 Å². The van der Waals surface area contributed by atoms with Crippen molar-refractivity contribution in [3.8, 4) is 0 Å². The van der Waals surface area contributed by atoms with Crippen LogP contribution in [0.15, 0.2) is 34.1 Å². The second kappa shape index (κ2) is 8.02. The molecule has 0 bridgehead atoms. The topological polar surface area (TPSA) is 72.5 Å². The highest BCUT2D eigenvalue weighted by atomic mass is 32.2. The Bertz CT molecular complexity index is 901. The van der Waals surface area contributed by atoms with Gasteiger partial charge in [-0.15, -0.1) is 23.1 Å². The second-order valence-electron chi connectivity index (χ2n) is 5.92. The molecule has 0 atom stereocenters. The lowest BCUT2D eigenvalue weighted by atomic mass is 9.95. The number of aryl methyl sites for hydroxylation is 1. The molecule has 0 aliphatic heterocycles. The van der Waals surface area contributed by atoms with Crippen molar-refractivity contribution < 1.29 is 17.9 Å². The van der Waals surface area contributed by atoms with Crippen molar-refractivity contribution in [2.75, 3.05) is 17.6 Å². The summed E-state index contributed by atoms with van der Waals surface area (Å²) in [4.78, 5) is 14.7. The molecule has 0 saturated heterocycles. The number of hydrogen-bond acceptors (Lipinski definition) is 6. The highest BCUT2D eigenvalue weighted by Crippen LogP contribution is 2.39. The number of carbonyl (C=O) groups is 1. The standard InChI is InChI=1S/C18H21NO4S3/c1-3-23-18(20)16-14-6-4-5-7-15(14)25-17(16)19-26(21,22)13-10-8-12(24-2)9-11-13/h8-11,19H,3-7H2,1-2H3. The van der Waals surface area contributed by atoms with Crippen LogP contribution in [0.2, 0.25) is 0 Å². The van der Waals surface area contributed by atoms with Crippen LogP contribution in [-0.2, 0) is 27.6 Å². The zero-order valence-corrected chi connectivity index (χ0v) is 17.2. The van der Waals surface area contributed by atoms with E-state index < -0.39 is 16.0 Å². The summed E-state index contributed by atoms with van der Waals surface area (Å²) in [5.41, 5.74) is 1.32. The van der Waals surface area contributed by atoms with Gasteiger partial charge >= 0.3 is 5.97 Å². The Labute approximate surface area is 162 Å². The van der Waals surface area contributed by atoms with Crippen LogP contribution in [-0.4, -0.2) is 27.2 Å². The van der Waals surface area contributed by atoms with Crippen LogP contribution in [0.5, 0.6) is 0 Å². The third kappa shape index (κ3) is 3.92. The van der Waals surface area contributed by atoms with Gasteiger partial charge in [-0.25, -0.2) is 13.2 Å². The van der Waals surface area contributed by atoms with Gasteiger partial charge in [0.1, 0.15) is 5.00 Å². The summed E-state index contributed by atoms with van der Waals surface area (Å²) in [6, 6.07) is 6.69. The number of hydrogen-bond donors (Lipinski definition) is 1. The lowest BCUT2D eigenvalue weighted by molar-refractivity contribution is 0.0526. The molecule has 1 aliphatic carbocycles. The van der Waals surface area contributed by atoms with E-state index in [0.29, 0.717) is 10.6 Å². The zero-order chi connectivity index (χ0) is 18.7. The van der Waals surface area contributed by atoms with E-state index in [1.165, 1.54) is 11.3 Å². The Balaban J connectivity index is 1.97. The number of nitrogens with one attached hydrogen (secondary N) is 1. The predicted octanol–water partition coefficient (Wildman–Crippen LogP) is 4.33. The number of ether oxygens (including phenoxy) is 1. The molecule has 1 aromatic heterocycles. The van der Waals surface area contributed by atoms with Gasteiger partial charge in [-0.05, 0) is 68.7 Å². The number of rotatable bonds is 6.